The van der Waals surface area contributed by atoms with Crippen molar-refractivity contribution >= 4 is 41.5 Å². The minimum atomic E-state index is 0. The van der Waals surface area contributed by atoms with Crippen molar-refractivity contribution in [2.24, 2.45) is 12.0 Å². The highest BCUT2D eigenvalue weighted by Crippen LogP contribution is 2.13. The molecule has 1 aromatic heterocycles. The van der Waals surface area contributed by atoms with E-state index in [1.807, 2.05) is 43.0 Å². The largest absolute Gasteiger partial charge is 0.356 e. The molecule has 138 valence electrons. The van der Waals surface area contributed by atoms with E-state index in [1.165, 1.54) is 16.8 Å². The van der Waals surface area contributed by atoms with Crippen LogP contribution in [0.3, 0.4) is 0 Å². The highest BCUT2D eigenvalue weighted by Gasteiger charge is 2.10. The SMILES string of the molecule is CN=C(NCCc1c(C)nn(C)c1C)N(C)Cc1ccc(Cl)cc1.I. The number of guanidine groups is 1. The summed E-state index contributed by atoms with van der Waals surface area (Å²) in [5.41, 5.74) is 4.82. The molecular weight excluding hydrogens is 449 g/mol. The molecule has 1 N–H and O–H groups in total. The van der Waals surface area contributed by atoms with Crippen LogP contribution in [0.4, 0.5) is 0 Å². The molecule has 2 aromatic rings. The van der Waals surface area contributed by atoms with Crippen molar-refractivity contribution in [2.45, 2.75) is 26.8 Å². The van der Waals surface area contributed by atoms with E-state index in [-0.39, 0.29) is 24.0 Å². The predicted molar refractivity (Wildman–Crippen MR) is 116 cm³/mol. The monoisotopic (exact) mass is 475 g/mol. The Morgan fingerprint density at radius 3 is 2.44 bits per heavy atom. The van der Waals surface area contributed by atoms with Crippen molar-refractivity contribution in [3.63, 3.8) is 0 Å². The van der Waals surface area contributed by atoms with Crippen LogP contribution in [0.1, 0.15) is 22.5 Å². The number of rotatable bonds is 5. The number of nitrogens with zero attached hydrogens (tertiary/aromatic N) is 4. The molecule has 0 aliphatic rings. The Balaban J connectivity index is 0.00000312. The van der Waals surface area contributed by atoms with Crippen LogP contribution in [0, 0.1) is 13.8 Å². The van der Waals surface area contributed by atoms with Crippen LogP contribution < -0.4 is 5.32 Å². The zero-order valence-electron chi connectivity index (χ0n) is 15.5. The number of nitrogens with one attached hydrogen (secondary N) is 1. The van der Waals surface area contributed by atoms with Gasteiger partial charge >= 0.3 is 0 Å². The molecule has 0 aliphatic carbocycles. The summed E-state index contributed by atoms with van der Waals surface area (Å²) in [6.45, 7) is 5.77. The first-order valence-corrected chi connectivity index (χ1v) is 8.45. The molecule has 0 radical (unpaired) electrons. The van der Waals surface area contributed by atoms with Crippen LogP contribution in [0.15, 0.2) is 29.3 Å². The van der Waals surface area contributed by atoms with Gasteiger partial charge in [-0.05, 0) is 43.5 Å². The van der Waals surface area contributed by atoms with Crippen LogP contribution >= 0.6 is 35.6 Å². The zero-order chi connectivity index (χ0) is 17.7. The Morgan fingerprint density at radius 2 is 1.92 bits per heavy atom. The minimum Gasteiger partial charge on any atom is -0.356 e. The van der Waals surface area contributed by atoms with Crippen molar-refractivity contribution in [1.29, 1.82) is 0 Å². The molecule has 25 heavy (non-hydrogen) atoms. The Bertz CT molecular complexity index is 709. The number of halogens is 2. The molecule has 0 bridgehead atoms. The van der Waals surface area contributed by atoms with E-state index in [9.17, 15) is 0 Å². The molecule has 0 unspecified atom stereocenters. The summed E-state index contributed by atoms with van der Waals surface area (Å²) in [4.78, 5) is 6.47. The first kappa shape index (κ1) is 21.8. The maximum Gasteiger partial charge on any atom is 0.193 e. The number of hydrogen-bond acceptors (Lipinski definition) is 2. The van der Waals surface area contributed by atoms with E-state index in [0.29, 0.717) is 0 Å². The summed E-state index contributed by atoms with van der Waals surface area (Å²) in [6.07, 6.45) is 0.930. The molecule has 0 saturated heterocycles. The first-order valence-electron chi connectivity index (χ1n) is 8.07. The predicted octanol–water partition coefficient (Wildman–Crippen LogP) is 3.56. The highest BCUT2D eigenvalue weighted by atomic mass is 127. The minimum absolute atomic E-state index is 0. The van der Waals surface area contributed by atoms with Crippen LogP contribution in [-0.4, -0.2) is 41.3 Å². The van der Waals surface area contributed by atoms with E-state index >= 15 is 0 Å². The van der Waals surface area contributed by atoms with Gasteiger partial charge in [0.05, 0.1) is 5.69 Å². The Labute approximate surface area is 172 Å². The summed E-state index contributed by atoms with van der Waals surface area (Å²) in [7, 11) is 5.82. The molecule has 1 aromatic carbocycles. The smallest absolute Gasteiger partial charge is 0.193 e. The van der Waals surface area contributed by atoms with Gasteiger partial charge in [-0.15, -0.1) is 24.0 Å². The summed E-state index contributed by atoms with van der Waals surface area (Å²) >= 11 is 5.94. The van der Waals surface area contributed by atoms with Crippen molar-refractivity contribution < 1.29 is 0 Å². The molecular formula is C18H27ClIN5. The lowest BCUT2D eigenvalue weighted by Crippen LogP contribution is -2.39. The number of aliphatic imine (C=N–C) groups is 1. The average molecular weight is 476 g/mol. The third kappa shape index (κ3) is 5.88. The van der Waals surface area contributed by atoms with Crippen molar-refractivity contribution in [1.82, 2.24) is 20.0 Å². The fraction of sp³-hybridized carbons (Fsp3) is 0.444. The van der Waals surface area contributed by atoms with Crippen molar-refractivity contribution in [3.05, 3.63) is 51.8 Å². The number of hydrogen-bond donors (Lipinski definition) is 1. The molecule has 1 heterocycles. The van der Waals surface area contributed by atoms with E-state index in [1.54, 1.807) is 7.05 Å². The molecule has 0 spiro atoms. The maximum atomic E-state index is 5.94. The van der Waals surface area contributed by atoms with Crippen LogP contribution in [0.2, 0.25) is 5.02 Å². The second-order valence-corrected chi connectivity index (χ2v) is 6.42. The lowest BCUT2D eigenvalue weighted by Gasteiger charge is -2.22. The standard InChI is InChI=1S/C18H26ClN5.HI/c1-13-17(14(2)24(5)22-13)10-11-21-18(20-3)23(4)12-15-6-8-16(19)9-7-15;/h6-9H,10-12H2,1-5H3,(H,20,21);1H. The Hall–Kier alpha value is -1.28. The third-order valence-electron chi connectivity index (χ3n) is 4.22. The number of aromatic nitrogens is 2. The fourth-order valence-electron chi connectivity index (χ4n) is 2.80. The highest BCUT2D eigenvalue weighted by molar-refractivity contribution is 14.0. The van der Waals surface area contributed by atoms with E-state index < -0.39 is 0 Å². The average Bonchev–Trinajstić information content (AvgIpc) is 2.79. The molecule has 0 aliphatic heterocycles. The van der Waals surface area contributed by atoms with E-state index in [4.69, 9.17) is 11.6 Å². The van der Waals surface area contributed by atoms with Gasteiger partial charge in [-0.25, -0.2) is 0 Å². The number of benzene rings is 1. The second-order valence-electron chi connectivity index (χ2n) is 5.98. The zero-order valence-corrected chi connectivity index (χ0v) is 18.6. The summed E-state index contributed by atoms with van der Waals surface area (Å²) < 4.78 is 1.94. The second kappa shape index (κ2) is 10.0. The van der Waals surface area contributed by atoms with Gasteiger partial charge in [0.1, 0.15) is 0 Å². The third-order valence-corrected chi connectivity index (χ3v) is 4.48. The normalized spacial score (nSPS) is 11.2. The van der Waals surface area contributed by atoms with Gasteiger partial charge in [0.15, 0.2) is 5.96 Å². The Morgan fingerprint density at radius 1 is 1.28 bits per heavy atom. The van der Waals surface area contributed by atoms with Crippen LogP contribution in [-0.2, 0) is 20.0 Å². The number of aryl methyl sites for hydroxylation is 2. The lowest BCUT2D eigenvalue weighted by atomic mass is 10.1. The lowest BCUT2D eigenvalue weighted by molar-refractivity contribution is 0.477. The van der Waals surface area contributed by atoms with E-state index in [2.05, 4.69) is 34.2 Å². The molecule has 0 amide bonds. The van der Waals surface area contributed by atoms with Gasteiger partial charge in [0, 0.05) is 44.9 Å². The van der Waals surface area contributed by atoms with Crippen molar-refractivity contribution in [3.8, 4) is 0 Å². The van der Waals surface area contributed by atoms with Gasteiger partial charge in [0.2, 0.25) is 0 Å². The first-order chi connectivity index (χ1) is 11.4. The van der Waals surface area contributed by atoms with Gasteiger partial charge in [-0.2, -0.15) is 5.10 Å². The van der Waals surface area contributed by atoms with Gasteiger partial charge in [-0.1, -0.05) is 23.7 Å². The molecule has 0 fully saturated rings. The topological polar surface area (TPSA) is 45.5 Å². The van der Waals surface area contributed by atoms with Crippen LogP contribution in [0.25, 0.3) is 0 Å². The molecule has 2 rings (SSSR count). The molecule has 7 heteroatoms. The summed E-state index contributed by atoms with van der Waals surface area (Å²) in [5, 5.41) is 8.65. The van der Waals surface area contributed by atoms with Crippen LogP contribution in [0.5, 0.6) is 0 Å². The van der Waals surface area contributed by atoms with Gasteiger partial charge in [0.25, 0.3) is 0 Å². The molecule has 5 nitrogen and oxygen atoms in total. The van der Waals surface area contributed by atoms with Gasteiger partial charge in [-0.3, -0.25) is 9.67 Å². The van der Waals surface area contributed by atoms with E-state index in [0.717, 1.165) is 36.2 Å². The Kier molecular flexibility index (Phi) is 8.71. The molecule has 0 atom stereocenters. The fourth-order valence-corrected chi connectivity index (χ4v) is 2.93. The maximum absolute atomic E-state index is 5.94. The quantitative estimate of drug-likeness (QED) is 0.409. The van der Waals surface area contributed by atoms with Crippen molar-refractivity contribution in [2.75, 3.05) is 20.6 Å². The summed E-state index contributed by atoms with van der Waals surface area (Å²) in [5.74, 6) is 0.879. The summed E-state index contributed by atoms with van der Waals surface area (Å²) in [6, 6.07) is 7.90. The molecule has 0 saturated carbocycles. The van der Waals surface area contributed by atoms with Gasteiger partial charge < -0.3 is 10.2 Å².